The number of nitrogens with zero attached hydrogens (tertiary/aromatic N) is 1. The van der Waals surface area contributed by atoms with E-state index in [0.717, 1.165) is 27.7 Å². The Labute approximate surface area is 104 Å². The van der Waals surface area contributed by atoms with Gasteiger partial charge >= 0.3 is 0 Å². The molecule has 17 heavy (non-hydrogen) atoms. The molecule has 0 aliphatic carbocycles. The third-order valence-corrected chi connectivity index (χ3v) is 3.32. The second-order valence-corrected chi connectivity index (χ2v) is 4.63. The number of rotatable bonds is 4. The zero-order valence-electron chi connectivity index (χ0n) is 9.43. The van der Waals surface area contributed by atoms with Crippen LogP contribution in [0.4, 0.5) is 5.69 Å². The Morgan fingerprint density at radius 1 is 1.24 bits per heavy atom. The van der Waals surface area contributed by atoms with Crippen LogP contribution >= 0.6 is 11.3 Å². The van der Waals surface area contributed by atoms with Crippen LogP contribution in [-0.4, -0.2) is 7.11 Å². The molecule has 0 saturated carbocycles. The topological polar surface area (TPSA) is 45.0 Å². The summed E-state index contributed by atoms with van der Waals surface area (Å²) in [6.07, 6.45) is 0. The van der Waals surface area contributed by atoms with Gasteiger partial charge in [-0.2, -0.15) is 5.26 Å². The lowest BCUT2D eigenvalue weighted by atomic mass is 10.3. The number of hydrogen-bond acceptors (Lipinski definition) is 4. The Morgan fingerprint density at radius 3 is 2.59 bits per heavy atom. The standard InChI is InChI=1S/C13H12N2OS/c1-16-11-4-2-10(3-5-11)15-9-13-7-6-12(8-14)17-13/h2-7,15H,9H2,1H3. The summed E-state index contributed by atoms with van der Waals surface area (Å²) >= 11 is 1.51. The van der Waals surface area contributed by atoms with Crippen LogP contribution in [0.1, 0.15) is 9.75 Å². The SMILES string of the molecule is COc1ccc(NCc2ccc(C#N)s2)cc1. The summed E-state index contributed by atoms with van der Waals surface area (Å²) in [5.41, 5.74) is 1.04. The number of benzene rings is 1. The molecule has 1 heterocycles. The van der Waals surface area contributed by atoms with Crippen LogP contribution in [0.2, 0.25) is 0 Å². The van der Waals surface area contributed by atoms with E-state index in [-0.39, 0.29) is 0 Å². The lowest BCUT2D eigenvalue weighted by molar-refractivity contribution is 0.415. The van der Waals surface area contributed by atoms with E-state index in [2.05, 4.69) is 11.4 Å². The number of nitriles is 1. The van der Waals surface area contributed by atoms with Crippen LogP contribution in [0.15, 0.2) is 36.4 Å². The third-order valence-electron chi connectivity index (χ3n) is 2.33. The third kappa shape index (κ3) is 2.99. The molecule has 1 N–H and O–H groups in total. The maximum Gasteiger partial charge on any atom is 0.119 e. The molecule has 1 aromatic heterocycles. The van der Waals surface area contributed by atoms with Gasteiger partial charge in [0.05, 0.1) is 7.11 Å². The maximum absolute atomic E-state index is 8.72. The summed E-state index contributed by atoms with van der Waals surface area (Å²) in [5, 5.41) is 12.0. The van der Waals surface area contributed by atoms with Gasteiger partial charge in [0.25, 0.3) is 0 Å². The molecule has 0 aliphatic heterocycles. The number of ether oxygens (including phenoxy) is 1. The van der Waals surface area contributed by atoms with Crippen molar-refractivity contribution < 1.29 is 4.74 Å². The van der Waals surface area contributed by atoms with Crippen LogP contribution in [0.3, 0.4) is 0 Å². The summed E-state index contributed by atoms with van der Waals surface area (Å²) in [6, 6.07) is 13.7. The van der Waals surface area contributed by atoms with Crippen molar-refractivity contribution in [2.24, 2.45) is 0 Å². The van der Waals surface area contributed by atoms with Crippen molar-refractivity contribution in [1.29, 1.82) is 5.26 Å². The molecule has 2 rings (SSSR count). The molecule has 0 saturated heterocycles. The van der Waals surface area contributed by atoms with E-state index in [1.165, 1.54) is 11.3 Å². The van der Waals surface area contributed by atoms with Gasteiger partial charge in [0.15, 0.2) is 0 Å². The molecule has 1 aromatic carbocycles. The van der Waals surface area contributed by atoms with Gasteiger partial charge in [-0.25, -0.2) is 0 Å². The van der Waals surface area contributed by atoms with Crippen molar-refractivity contribution >= 4 is 17.0 Å². The summed E-state index contributed by atoms with van der Waals surface area (Å²) in [5.74, 6) is 0.846. The van der Waals surface area contributed by atoms with E-state index in [1.807, 2.05) is 36.4 Å². The largest absolute Gasteiger partial charge is 0.497 e. The predicted molar refractivity (Wildman–Crippen MR) is 69.4 cm³/mol. The lowest BCUT2D eigenvalue weighted by Gasteiger charge is -2.05. The summed E-state index contributed by atoms with van der Waals surface area (Å²) in [6.45, 7) is 0.735. The first-order chi connectivity index (χ1) is 8.31. The highest BCUT2D eigenvalue weighted by atomic mass is 32.1. The number of hydrogen-bond donors (Lipinski definition) is 1. The molecule has 0 spiro atoms. The average Bonchev–Trinajstić information content (AvgIpc) is 2.85. The number of nitrogens with one attached hydrogen (secondary N) is 1. The van der Waals surface area contributed by atoms with Crippen molar-refractivity contribution in [2.45, 2.75) is 6.54 Å². The molecular weight excluding hydrogens is 232 g/mol. The van der Waals surface area contributed by atoms with Gasteiger partial charge in [0.1, 0.15) is 16.7 Å². The minimum atomic E-state index is 0.735. The van der Waals surface area contributed by atoms with Crippen molar-refractivity contribution in [1.82, 2.24) is 0 Å². The van der Waals surface area contributed by atoms with Crippen LogP contribution < -0.4 is 10.1 Å². The Bertz CT molecular complexity index is 525. The van der Waals surface area contributed by atoms with Crippen LogP contribution in [0.25, 0.3) is 0 Å². The summed E-state index contributed by atoms with van der Waals surface area (Å²) in [7, 11) is 1.65. The first-order valence-corrected chi connectivity index (χ1v) is 6.00. The second-order valence-electron chi connectivity index (χ2n) is 3.46. The van der Waals surface area contributed by atoms with E-state index in [1.54, 1.807) is 7.11 Å². The molecule has 0 atom stereocenters. The van der Waals surface area contributed by atoms with Crippen molar-refractivity contribution in [3.05, 3.63) is 46.2 Å². The molecular formula is C13H12N2OS. The van der Waals surface area contributed by atoms with Crippen molar-refractivity contribution in [3.63, 3.8) is 0 Å². The van der Waals surface area contributed by atoms with E-state index in [4.69, 9.17) is 10.00 Å². The first-order valence-electron chi connectivity index (χ1n) is 5.18. The quantitative estimate of drug-likeness (QED) is 0.898. The van der Waals surface area contributed by atoms with Crippen LogP contribution in [-0.2, 0) is 6.54 Å². The van der Waals surface area contributed by atoms with E-state index in [0.29, 0.717) is 0 Å². The lowest BCUT2D eigenvalue weighted by Crippen LogP contribution is -1.96. The Hall–Kier alpha value is -1.99. The van der Waals surface area contributed by atoms with Gasteiger partial charge in [-0.05, 0) is 36.4 Å². The number of thiophene rings is 1. The van der Waals surface area contributed by atoms with Gasteiger partial charge < -0.3 is 10.1 Å². The molecule has 0 bridgehead atoms. The van der Waals surface area contributed by atoms with E-state index >= 15 is 0 Å². The van der Waals surface area contributed by atoms with Gasteiger partial charge in [-0.3, -0.25) is 0 Å². The Balaban J connectivity index is 1.95. The highest BCUT2D eigenvalue weighted by Crippen LogP contribution is 2.19. The minimum absolute atomic E-state index is 0.735. The molecule has 86 valence electrons. The van der Waals surface area contributed by atoms with Gasteiger partial charge in [0, 0.05) is 17.1 Å². The molecule has 0 fully saturated rings. The summed E-state index contributed by atoms with van der Waals surface area (Å²) < 4.78 is 5.09. The van der Waals surface area contributed by atoms with Gasteiger partial charge in [-0.1, -0.05) is 0 Å². The molecule has 0 radical (unpaired) electrons. The molecule has 0 unspecified atom stereocenters. The molecule has 2 aromatic rings. The zero-order valence-corrected chi connectivity index (χ0v) is 10.3. The molecule has 4 heteroatoms. The monoisotopic (exact) mass is 244 g/mol. The Morgan fingerprint density at radius 2 is 2.00 bits per heavy atom. The first kappa shape index (κ1) is 11.5. The van der Waals surface area contributed by atoms with Crippen LogP contribution in [0, 0.1) is 11.3 Å². The molecule has 0 aliphatic rings. The normalized spacial score (nSPS) is 9.65. The van der Waals surface area contributed by atoms with Gasteiger partial charge in [-0.15, -0.1) is 11.3 Å². The fourth-order valence-corrected chi connectivity index (χ4v) is 2.18. The number of anilines is 1. The summed E-state index contributed by atoms with van der Waals surface area (Å²) in [4.78, 5) is 1.90. The average molecular weight is 244 g/mol. The van der Waals surface area contributed by atoms with E-state index < -0.39 is 0 Å². The Kier molecular flexibility index (Phi) is 3.63. The maximum atomic E-state index is 8.72. The van der Waals surface area contributed by atoms with E-state index in [9.17, 15) is 0 Å². The second kappa shape index (κ2) is 5.37. The smallest absolute Gasteiger partial charge is 0.119 e. The van der Waals surface area contributed by atoms with Crippen LogP contribution in [0.5, 0.6) is 5.75 Å². The zero-order chi connectivity index (χ0) is 12.1. The minimum Gasteiger partial charge on any atom is -0.497 e. The highest BCUT2D eigenvalue weighted by molar-refractivity contribution is 7.12. The molecule has 0 amide bonds. The van der Waals surface area contributed by atoms with Gasteiger partial charge in [0.2, 0.25) is 0 Å². The molecule has 3 nitrogen and oxygen atoms in total. The predicted octanol–water partition coefficient (Wildman–Crippen LogP) is 3.24. The van der Waals surface area contributed by atoms with Crippen molar-refractivity contribution in [3.8, 4) is 11.8 Å². The fraction of sp³-hybridized carbons (Fsp3) is 0.154. The number of methoxy groups -OCH3 is 1. The fourth-order valence-electron chi connectivity index (χ4n) is 1.43. The van der Waals surface area contributed by atoms with Crippen molar-refractivity contribution in [2.75, 3.05) is 12.4 Å². The highest BCUT2D eigenvalue weighted by Gasteiger charge is 1.99.